The Morgan fingerprint density at radius 3 is 2.73 bits per heavy atom. The van der Waals surface area contributed by atoms with Crippen LogP contribution in [0.1, 0.15) is 13.8 Å². The number of carbonyl (C=O) groups is 1. The van der Waals surface area contributed by atoms with Gasteiger partial charge in [-0.05, 0) is 13.8 Å². The highest BCUT2D eigenvalue weighted by molar-refractivity contribution is 5.87. The van der Waals surface area contributed by atoms with E-state index in [1.807, 2.05) is 19.9 Å². The number of carbonyl (C=O) groups excluding carboxylic acids is 1. The maximum atomic E-state index is 10.7. The van der Waals surface area contributed by atoms with Gasteiger partial charge in [-0.3, -0.25) is 4.79 Å². The Morgan fingerprint density at radius 2 is 2.27 bits per heavy atom. The third-order valence-corrected chi connectivity index (χ3v) is 1.02. The minimum Gasteiger partial charge on any atom is -0.349 e. The van der Waals surface area contributed by atoms with E-state index < -0.39 is 0 Å². The molecule has 0 aromatic rings. The van der Waals surface area contributed by atoms with Crippen LogP contribution in [0, 0.1) is 0 Å². The first kappa shape index (κ1) is 9.73. The van der Waals surface area contributed by atoms with Gasteiger partial charge in [-0.15, -0.1) is 5.73 Å². The van der Waals surface area contributed by atoms with Crippen molar-refractivity contribution < 1.29 is 4.79 Å². The van der Waals surface area contributed by atoms with Gasteiger partial charge in [0.2, 0.25) is 0 Å². The summed E-state index contributed by atoms with van der Waals surface area (Å²) in [7, 11) is 0. The molecule has 1 N–H and O–H groups in total. The van der Waals surface area contributed by atoms with E-state index in [0.717, 1.165) is 0 Å². The quantitative estimate of drug-likeness (QED) is 0.369. The summed E-state index contributed by atoms with van der Waals surface area (Å²) in [6.45, 7) is 7.82. The molecule has 0 unspecified atom stereocenters. The summed E-state index contributed by atoms with van der Waals surface area (Å²) in [6.07, 6.45) is 3.22. The molecule has 0 bridgehead atoms. The summed E-state index contributed by atoms with van der Waals surface area (Å²) in [6, 6.07) is 0. The van der Waals surface area contributed by atoms with Crippen molar-refractivity contribution in [1.82, 2.24) is 5.32 Å². The maximum Gasteiger partial charge on any atom is 0.251 e. The Kier molecular flexibility index (Phi) is 4.87. The number of hydrogen-bond donors (Lipinski definition) is 1. The molecule has 0 aliphatic heterocycles. The molecule has 2 heteroatoms. The van der Waals surface area contributed by atoms with Gasteiger partial charge in [0.05, 0.1) is 0 Å². The fourth-order valence-electron chi connectivity index (χ4n) is 0.499. The van der Waals surface area contributed by atoms with Crippen molar-refractivity contribution in [2.45, 2.75) is 13.8 Å². The summed E-state index contributed by atoms with van der Waals surface area (Å²) in [4.78, 5) is 10.7. The largest absolute Gasteiger partial charge is 0.349 e. The highest BCUT2D eigenvalue weighted by atomic mass is 16.1. The molecule has 0 aliphatic rings. The van der Waals surface area contributed by atoms with E-state index in [1.165, 1.54) is 11.6 Å². The molecule has 0 rings (SSSR count). The Hall–Kier alpha value is -1.27. The van der Waals surface area contributed by atoms with Gasteiger partial charge in [-0.25, -0.2) is 0 Å². The average molecular weight is 151 g/mol. The van der Waals surface area contributed by atoms with E-state index >= 15 is 0 Å². The molecule has 0 aromatic carbocycles. The lowest BCUT2D eigenvalue weighted by molar-refractivity contribution is -0.116. The molecule has 0 atom stereocenters. The third-order valence-electron chi connectivity index (χ3n) is 1.02. The Bertz CT molecular complexity index is 206. The molecule has 0 spiro atoms. The standard InChI is InChI=1S/C9H13NO/c1-4-5-9(11)10-7-6-8(2)3/h5-6H,1,7H2,2-3H3,(H,10,11). The van der Waals surface area contributed by atoms with E-state index in [-0.39, 0.29) is 5.91 Å². The van der Waals surface area contributed by atoms with Crippen LogP contribution in [0.15, 0.2) is 30.0 Å². The predicted octanol–water partition coefficient (Wildman–Crippen LogP) is 1.41. The monoisotopic (exact) mass is 151 g/mol. The van der Waals surface area contributed by atoms with Gasteiger partial charge in [0.25, 0.3) is 5.91 Å². The number of allylic oxidation sites excluding steroid dienone is 1. The topological polar surface area (TPSA) is 29.1 Å². The smallest absolute Gasteiger partial charge is 0.251 e. The molecule has 0 aromatic heterocycles. The van der Waals surface area contributed by atoms with Crippen LogP contribution in [-0.2, 0) is 4.79 Å². The fourth-order valence-corrected chi connectivity index (χ4v) is 0.499. The molecule has 0 saturated heterocycles. The second-order valence-electron chi connectivity index (χ2n) is 2.38. The first-order valence-electron chi connectivity index (χ1n) is 3.44. The van der Waals surface area contributed by atoms with Crippen LogP contribution in [0.5, 0.6) is 0 Å². The van der Waals surface area contributed by atoms with Crippen molar-refractivity contribution >= 4 is 5.91 Å². The van der Waals surface area contributed by atoms with Crippen molar-refractivity contribution in [3.05, 3.63) is 30.0 Å². The third kappa shape index (κ3) is 6.62. The molecular formula is C9H13NO. The molecule has 60 valence electrons. The summed E-state index contributed by atoms with van der Waals surface area (Å²) in [5, 5.41) is 2.64. The molecule has 11 heavy (non-hydrogen) atoms. The molecule has 0 radical (unpaired) electrons. The number of amides is 1. The van der Waals surface area contributed by atoms with Crippen molar-refractivity contribution in [3.63, 3.8) is 0 Å². The lowest BCUT2D eigenvalue weighted by Crippen LogP contribution is -2.20. The second kappa shape index (κ2) is 5.51. The van der Waals surface area contributed by atoms with Gasteiger partial charge in [0.15, 0.2) is 0 Å². The summed E-state index contributed by atoms with van der Waals surface area (Å²) in [5.41, 5.74) is 3.59. The molecule has 2 nitrogen and oxygen atoms in total. The number of rotatable bonds is 3. The highest BCUT2D eigenvalue weighted by Gasteiger charge is 1.88. The van der Waals surface area contributed by atoms with Gasteiger partial charge in [0.1, 0.15) is 0 Å². The predicted molar refractivity (Wildman–Crippen MR) is 46.2 cm³/mol. The molecule has 0 fully saturated rings. The fraction of sp³-hybridized carbons (Fsp3) is 0.333. The normalized spacial score (nSPS) is 7.82. The zero-order valence-corrected chi connectivity index (χ0v) is 6.98. The van der Waals surface area contributed by atoms with E-state index in [9.17, 15) is 4.79 Å². The number of nitrogens with one attached hydrogen (secondary N) is 1. The van der Waals surface area contributed by atoms with E-state index in [2.05, 4.69) is 17.6 Å². The van der Waals surface area contributed by atoms with Crippen LogP contribution in [0.4, 0.5) is 0 Å². The van der Waals surface area contributed by atoms with Crippen LogP contribution in [0.25, 0.3) is 0 Å². The van der Waals surface area contributed by atoms with Gasteiger partial charge in [-0.1, -0.05) is 18.2 Å². The van der Waals surface area contributed by atoms with Crippen LogP contribution < -0.4 is 5.32 Å². The Labute approximate surface area is 67.3 Å². The van der Waals surface area contributed by atoms with E-state index in [1.54, 1.807) is 0 Å². The van der Waals surface area contributed by atoms with Crippen molar-refractivity contribution in [2.24, 2.45) is 0 Å². The Morgan fingerprint density at radius 1 is 1.64 bits per heavy atom. The maximum absolute atomic E-state index is 10.7. The minimum atomic E-state index is -0.155. The lowest BCUT2D eigenvalue weighted by atomic mass is 10.3. The van der Waals surface area contributed by atoms with Crippen LogP contribution in [-0.4, -0.2) is 12.5 Å². The highest BCUT2D eigenvalue weighted by Crippen LogP contribution is 1.84. The van der Waals surface area contributed by atoms with E-state index in [0.29, 0.717) is 6.54 Å². The van der Waals surface area contributed by atoms with Crippen LogP contribution >= 0.6 is 0 Å². The van der Waals surface area contributed by atoms with E-state index in [4.69, 9.17) is 0 Å². The van der Waals surface area contributed by atoms with Crippen LogP contribution in [0.3, 0.4) is 0 Å². The molecule has 0 heterocycles. The van der Waals surface area contributed by atoms with Gasteiger partial charge >= 0.3 is 0 Å². The van der Waals surface area contributed by atoms with Gasteiger partial charge in [0, 0.05) is 12.6 Å². The van der Waals surface area contributed by atoms with Crippen molar-refractivity contribution in [3.8, 4) is 0 Å². The first-order valence-corrected chi connectivity index (χ1v) is 3.44. The lowest BCUT2D eigenvalue weighted by Gasteiger charge is -1.95. The zero-order valence-electron chi connectivity index (χ0n) is 6.98. The average Bonchev–Trinajstić information content (AvgIpc) is 1.87. The molecule has 0 saturated carbocycles. The van der Waals surface area contributed by atoms with Crippen molar-refractivity contribution in [1.29, 1.82) is 0 Å². The second-order valence-corrected chi connectivity index (χ2v) is 2.38. The first-order chi connectivity index (χ1) is 5.16. The SMILES string of the molecule is C=C=CC(=O)NCC=C(C)C. The molecule has 0 aliphatic carbocycles. The van der Waals surface area contributed by atoms with Crippen LogP contribution in [0.2, 0.25) is 0 Å². The summed E-state index contributed by atoms with van der Waals surface area (Å²) >= 11 is 0. The van der Waals surface area contributed by atoms with Crippen molar-refractivity contribution in [2.75, 3.05) is 6.54 Å². The summed E-state index contributed by atoms with van der Waals surface area (Å²) in [5.74, 6) is -0.155. The molecule has 1 amide bonds. The molecular weight excluding hydrogens is 138 g/mol. The van der Waals surface area contributed by atoms with Gasteiger partial charge < -0.3 is 5.32 Å². The Balaban J connectivity index is 3.63. The van der Waals surface area contributed by atoms with Gasteiger partial charge in [-0.2, -0.15) is 0 Å². The summed E-state index contributed by atoms with van der Waals surface area (Å²) < 4.78 is 0. The number of hydrogen-bond acceptors (Lipinski definition) is 1. The zero-order chi connectivity index (χ0) is 8.69. The minimum absolute atomic E-state index is 0.155.